The summed E-state index contributed by atoms with van der Waals surface area (Å²) in [6.45, 7) is 1.94. The molecule has 0 heterocycles. The van der Waals surface area contributed by atoms with Gasteiger partial charge in [-0.3, -0.25) is 4.79 Å². The Morgan fingerprint density at radius 2 is 2.19 bits per heavy atom. The lowest BCUT2D eigenvalue weighted by molar-refractivity contribution is -0.139. The molecule has 1 aromatic carbocycles. The number of rotatable bonds is 4. The number of methoxy groups -OCH3 is 1. The molecule has 3 nitrogen and oxygen atoms in total. The van der Waals surface area contributed by atoms with Crippen LogP contribution in [0.3, 0.4) is 0 Å². The third-order valence-corrected chi connectivity index (χ3v) is 3.14. The van der Waals surface area contributed by atoms with E-state index in [0.717, 1.165) is 29.7 Å². The van der Waals surface area contributed by atoms with E-state index in [1.165, 1.54) is 0 Å². The fourth-order valence-corrected chi connectivity index (χ4v) is 2.14. The van der Waals surface area contributed by atoms with E-state index in [2.05, 4.69) is 0 Å². The number of aryl methyl sites for hydroxylation is 1. The third kappa shape index (κ3) is 2.03. The summed E-state index contributed by atoms with van der Waals surface area (Å²) in [6, 6.07) is 5.64. The maximum Gasteiger partial charge on any atom is 0.311 e. The highest BCUT2D eigenvalue weighted by Gasteiger charge is 2.37. The van der Waals surface area contributed by atoms with E-state index in [0.29, 0.717) is 5.92 Å². The van der Waals surface area contributed by atoms with Crippen molar-refractivity contribution in [3.05, 3.63) is 29.3 Å². The summed E-state index contributed by atoms with van der Waals surface area (Å²) < 4.78 is 5.17. The van der Waals surface area contributed by atoms with E-state index in [4.69, 9.17) is 4.74 Å². The second-order valence-electron chi connectivity index (χ2n) is 4.38. The molecule has 1 saturated carbocycles. The van der Waals surface area contributed by atoms with Crippen LogP contribution in [-0.2, 0) is 4.79 Å². The van der Waals surface area contributed by atoms with Crippen molar-refractivity contribution in [1.82, 2.24) is 0 Å². The highest BCUT2D eigenvalue weighted by molar-refractivity contribution is 5.77. The van der Waals surface area contributed by atoms with E-state index in [1.54, 1.807) is 7.11 Å². The van der Waals surface area contributed by atoms with E-state index in [9.17, 15) is 9.90 Å². The molecule has 1 atom stereocenters. The number of carboxylic acid groups (broad SMARTS) is 1. The molecule has 1 aliphatic carbocycles. The fraction of sp³-hybridized carbons (Fsp3) is 0.462. The van der Waals surface area contributed by atoms with Crippen molar-refractivity contribution >= 4 is 5.97 Å². The first kappa shape index (κ1) is 11.0. The Hall–Kier alpha value is -1.51. The van der Waals surface area contributed by atoms with Crippen molar-refractivity contribution in [2.24, 2.45) is 5.92 Å². The number of hydrogen-bond donors (Lipinski definition) is 1. The first-order valence-corrected chi connectivity index (χ1v) is 5.51. The van der Waals surface area contributed by atoms with E-state index in [1.807, 2.05) is 25.1 Å². The van der Waals surface area contributed by atoms with Gasteiger partial charge in [-0.1, -0.05) is 12.1 Å². The van der Waals surface area contributed by atoms with Crippen molar-refractivity contribution in [2.45, 2.75) is 25.7 Å². The molecule has 1 fully saturated rings. The van der Waals surface area contributed by atoms with Gasteiger partial charge in [-0.15, -0.1) is 0 Å². The molecule has 1 aliphatic rings. The van der Waals surface area contributed by atoms with Gasteiger partial charge in [-0.05, 0) is 42.9 Å². The summed E-state index contributed by atoms with van der Waals surface area (Å²) in [5.41, 5.74) is 1.89. The summed E-state index contributed by atoms with van der Waals surface area (Å²) in [5, 5.41) is 9.22. The van der Waals surface area contributed by atoms with Crippen LogP contribution in [0.1, 0.15) is 29.9 Å². The monoisotopic (exact) mass is 220 g/mol. The smallest absolute Gasteiger partial charge is 0.311 e. The minimum absolute atomic E-state index is 0.324. The predicted octanol–water partition coefficient (Wildman–Crippen LogP) is 2.58. The van der Waals surface area contributed by atoms with Crippen LogP contribution in [-0.4, -0.2) is 18.2 Å². The lowest BCUT2D eigenvalue weighted by Gasteiger charge is -2.13. The average molecular weight is 220 g/mol. The molecule has 2 rings (SSSR count). The first-order chi connectivity index (χ1) is 7.63. The maximum atomic E-state index is 11.2. The van der Waals surface area contributed by atoms with Gasteiger partial charge < -0.3 is 9.84 Å². The van der Waals surface area contributed by atoms with Crippen molar-refractivity contribution in [1.29, 1.82) is 0 Å². The second-order valence-corrected chi connectivity index (χ2v) is 4.38. The molecule has 0 radical (unpaired) electrons. The normalized spacial score (nSPS) is 16.9. The molecule has 86 valence electrons. The van der Waals surface area contributed by atoms with Gasteiger partial charge in [0.1, 0.15) is 5.75 Å². The molecule has 0 aromatic heterocycles. The zero-order valence-electron chi connectivity index (χ0n) is 9.56. The number of aliphatic carboxylic acids is 1. The third-order valence-electron chi connectivity index (χ3n) is 3.14. The van der Waals surface area contributed by atoms with Crippen LogP contribution in [0.2, 0.25) is 0 Å². The summed E-state index contributed by atoms with van der Waals surface area (Å²) >= 11 is 0. The van der Waals surface area contributed by atoms with Crippen molar-refractivity contribution in [3.63, 3.8) is 0 Å². The average Bonchev–Trinajstić information content (AvgIpc) is 3.02. The zero-order valence-corrected chi connectivity index (χ0v) is 9.56. The molecule has 0 amide bonds. The summed E-state index contributed by atoms with van der Waals surface area (Å²) in [4.78, 5) is 11.2. The Morgan fingerprint density at radius 1 is 1.50 bits per heavy atom. The maximum absolute atomic E-state index is 11.2. The number of carboxylic acids is 1. The topological polar surface area (TPSA) is 46.5 Å². The molecule has 0 saturated heterocycles. The van der Waals surface area contributed by atoms with Gasteiger partial charge in [0.25, 0.3) is 0 Å². The Labute approximate surface area is 95.0 Å². The molecular formula is C13H16O3. The lowest BCUT2D eigenvalue weighted by Crippen LogP contribution is -2.13. The Kier molecular flexibility index (Phi) is 2.86. The largest absolute Gasteiger partial charge is 0.496 e. The number of ether oxygens (including phenoxy) is 1. The number of benzene rings is 1. The standard InChI is InChI=1S/C13H16O3/c1-8-7-10(5-6-11(8)16-2)12(13(14)15)9-3-4-9/h5-7,9,12H,3-4H2,1-2H3,(H,14,15). The quantitative estimate of drug-likeness (QED) is 0.848. The van der Waals surface area contributed by atoms with Crippen LogP contribution in [0.4, 0.5) is 0 Å². The number of hydrogen-bond acceptors (Lipinski definition) is 2. The zero-order chi connectivity index (χ0) is 11.7. The van der Waals surface area contributed by atoms with Crippen molar-refractivity contribution in [2.75, 3.05) is 7.11 Å². The molecule has 0 bridgehead atoms. The highest BCUT2D eigenvalue weighted by Crippen LogP contribution is 2.43. The summed E-state index contributed by atoms with van der Waals surface area (Å²) in [5.74, 6) is 0.0747. The highest BCUT2D eigenvalue weighted by atomic mass is 16.5. The van der Waals surface area contributed by atoms with E-state index in [-0.39, 0.29) is 5.92 Å². The van der Waals surface area contributed by atoms with Crippen molar-refractivity contribution < 1.29 is 14.6 Å². The minimum Gasteiger partial charge on any atom is -0.496 e. The van der Waals surface area contributed by atoms with Crippen LogP contribution in [0.25, 0.3) is 0 Å². The van der Waals surface area contributed by atoms with Gasteiger partial charge in [-0.2, -0.15) is 0 Å². The van der Waals surface area contributed by atoms with Gasteiger partial charge in [0.15, 0.2) is 0 Å². The van der Waals surface area contributed by atoms with Gasteiger partial charge in [0.2, 0.25) is 0 Å². The molecule has 1 N–H and O–H groups in total. The van der Waals surface area contributed by atoms with Crippen molar-refractivity contribution in [3.8, 4) is 5.75 Å². The lowest BCUT2D eigenvalue weighted by atomic mass is 9.93. The van der Waals surface area contributed by atoms with Crippen LogP contribution in [0, 0.1) is 12.8 Å². The molecule has 3 heteroatoms. The van der Waals surface area contributed by atoms with Gasteiger partial charge >= 0.3 is 5.97 Å². The van der Waals surface area contributed by atoms with Crippen LogP contribution >= 0.6 is 0 Å². The molecular weight excluding hydrogens is 204 g/mol. The van der Waals surface area contributed by atoms with E-state index < -0.39 is 5.97 Å². The van der Waals surface area contributed by atoms with Crippen LogP contribution in [0.5, 0.6) is 5.75 Å². The molecule has 0 spiro atoms. The second kappa shape index (κ2) is 4.16. The molecule has 1 aromatic rings. The first-order valence-electron chi connectivity index (χ1n) is 5.51. The summed E-state index contributed by atoms with van der Waals surface area (Å²) in [7, 11) is 1.62. The Morgan fingerprint density at radius 3 is 2.62 bits per heavy atom. The SMILES string of the molecule is COc1ccc(C(C(=O)O)C2CC2)cc1C. The molecule has 16 heavy (non-hydrogen) atoms. The van der Waals surface area contributed by atoms with Crippen LogP contribution in [0.15, 0.2) is 18.2 Å². The predicted molar refractivity (Wildman–Crippen MR) is 60.8 cm³/mol. The number of carbonyl (C=O) groups is 1. The Balaban J connectivity index is 2.31. The molecule has 1 unspecified atom stereocenters. The Bertz CT molecular complexity index is 408. The van der Waals surface area contributed by atoms with E-state index >= 15 is 0 Å². The summed E-state index contributed by atoms with van der Waals surface area (Å²) in [6.07, 6.45) is 2.06. The molecule has 0 aliphatic heterocycles. The van der Waals surface area contributed by atoms with Gasteiger partial charge in [0.05, 0.1) is 13.0 Å². The van der Waals surface area contributed by atoms with Crippen LogP contribution < -0.4 is 4.74 Å². The fourth-order valence-electron chi connectivity index (χ4n) is 2.14. The van der Waals surface area contributed by atoms with Gasteiger partial charge in [0, 0.05) is 0 Å². The minimum atomic E-state index is -0.716. The van der Waals surface area contributed by atoms with Gasteiger partial charge in [-0.25, -0.2) is 0 Å².